The van der Waals surface area contributed by atoms with Crippen molar-refractivity contribution < 1.29 is 13.9 Å². The summed E-state index contributed by atoms with van der Waals surface area (Å²) in [6.07, 6.45) is 7.75. The molecule has 38 heavy (non-hydrogen) atoms. The number of amides is 1. The number of rotatable bonds is 4. The standard InChI is InChI=1S/C27H29FN2O.C6H12O/c28-24-10-8-21(9-11-24)22-13-15-29(16-14-22)18-20-12-17-30(19-20)27(31)26-7-3-5-23-4-1-2-6-25(23)26;1-6-4-2-3-5-7-6/h1-11,20,22H,12-19H2;6H,2-5H2,1H3/t20-;/m1./s1. The second-order valence-corrected chi connectivity index (χ2v) is 11.2. The number of carbonyl (C=O) groups is 1. The Balaban J connectivity index is 0.000000366. The van der Waals surface area contributed by atoms with E-state index >= 15 is 0 Å². The second-order valence-electron chi connectivity index (χ2n) is 11.2. The van der Waals surface area contributed by atoms with Gasteiger partial charge >= 0.3 is 0 Å². The van der Waals surface area contributed by atoms with Gasteiger partial charge in [0.25, 0.3) is 5.91 Å². The van der Waals surface area contributed by atoms with Gasteiger partial charge in [0, 0.05) is 31.8 Å². The maximum atomic E-state index is 13.2. The normalized spacial score (nSPS) is 22.7. The second kappa shape index (κ2) is 12.9. The lowest BCUT2D eigenvalue weighted by molar-refractivity contribution is 0.0285. The molecule has 3 aliphatic heterocycles. The van der Waals surface area contributed by atoms with E-state index in [9.17, 15) is 9.18 Å². The highest BCUT2D eigenvalue weighted by molar-refractivity contribution is 6.07. The number of halogens is 1. The fourth-order valence-corrected chi connectivity index (χ4v) is 6.20. The third-order valence-corrected chi connectivity index (χ3v) is 8.45. The van der Waals surface area contributed by atoms with Crippen LogP contribution in [0.1, 0.15) is 67.3 Å². The first-order valence-electron chi connectivity index (χ1n) is 14.4. The zero-order valence-corrected chi connectivity index (χ0v) is 22.7. The summed E-state index contributed by atoms with van der Waals surface area (Å²) in [6, 6.07) is 21.1. The summed E-state index contributed by atoms with van der Waals surface area (Å²) in [5.74, 6) is 1.07. The molecule has 2 atom stereocenters. The van der Waals surface area contributed by atoms with Gasteiger partial charge in [0.05, 0.1) is 6.10 Å². The van der Waals surface area contributed by atoms with E-state index in [-0.39, 0.29) is 11.7 Å². The molecule has 0 N–H and O–H groups in total. The maximum absolute atomic E-state index is 13.2. The summed E-state index contributed by atoms with van der Waals surface area (Å²) >= 11 is 0. The van der Waals surface area contributed by atoms with Crippen molar-refractivity contribution in [2.45, 2.75) is 57.5 Å². The molecule has 1 amide bonds. The van der Waals surface area contributed by atoms with E-state index in [0.29, 0.717) is 17.9 Å². The third kappa shape index (κ3) is 6.81. The molecule has 202 valence electrons. The van der Waals surface area contributed by atoms with Crippen LogP contribution in [0.5, 0.6) is 0 Å². The van der Waals surface area contributed by atoms with Gasteiger partial charge in [-0.05, 0) is 105 Å². The van der Waals surface area contributed by atoms with Crippen molar-refractivity contribution in [2.24, 2.45) is 5.92 Å². The summed E-state index contributed by atoms with van der Waals surface area (Å²) in [4.78, 5) is 17.8. The Morgan fingerprint density at radius 1 is 0.895 bits per heavy atom. The topological polar surface area (TPSA) is 32.8 Å². The number of likely N-dealkylation sites (tertiary alicyclic amines) is 2. The van der Waals surface area contributed by atoms with Crippen LogP contribution in [0.4, 0.5) is 4.39 Å². The summed E-state index contributed by atoms with van der Waals surface area (Å²) in [6.45, 7) is 8.04. The molecule has 0 aromatic heterocycles. The molecular formula is C33H41FN2O2. The van der Waals surface area contributed by atoms with E-state index in [1.807, 2.05) is 47.4 Å². The van der Waals surface area contributed by atoms with Crippen molar-refractivity contribution in [1.82, 2.24) is 9.80 Å². The first kappa shape index (κ1) is 26.8. The number of piperidine rings is 1. The Labute approximate surface area is 226 Å². The molecular weight excluding hydrogens is 475 g/mol. The molecule has 3 aromatic carbocycles. The maximum Gasteiger partial charge on any atom is 0.254 e. The Hall–Kier alpha value is -2.76. The van der Waals surface area contributed by atoms with Gasteiger partial charge in [-0.15, -0.1) is 0 Å². The number of nitrogens with zero attached hydrogens (tertiary/aromatic N) is 2. The molecule has 3 heterocycles. The van der Waals surface area contributed by atoms with Crippen molar-refractivity contribution in [3.63, 3.8) is 0 Å². The third-order valence-electron chi connectivity index (χ3n) is 8.45. The molecule has 5 heteroatoms. The molecule has 1 unspecified atom stereocenters. The predicted octanol–water partition coefficient (Wildman–Crippen LogP) is 6.90. The van der Waals surface area contributed by atoms with E-state index < -0.39 is 0 Å². The van der Waals surface area contributed by atoms with Gasteiger partial charge in [0.1, 0.15) is 5.82 Å². The highest BCUT2D eigenvalue weighted by Crippen LogP contribution is 2.30. The van der Waals surface area contributed by atoms with Crippen LogP contribution in [0, 0.1) is 11.7 Å². The molecule has 6 rings (SSSR count). The molecule has 0 spiro atoms. The van der Waals surface area contributed by atoms with E-state index in [2.05, 4.69) is 24.0 Å². The first-order chi connectivity index (χ1) is 18.6. The Bertz CT molecular complexity index is 1180. The van der Waals surface area contributed by atoms with Gasteiger partial charge in [0.15, 0.2) is 0 Å². The molecule has 3 aromatic rings. The smallest absolute Gasteiger partial charge is 0.254 e. The van der Waals surface area contributed by atoms with Crippen molar-refractivity contribution in [2.75, 3.05) is 39.3 Å². The average Bonchev–Trinajstić information content (AvgIpc) is 3.42. The number of benzene rings is 3. The number of carbonyl (C=O) groups excluding carboxylic acids is 1. The zero-order valence-electron chi connectivity index (χ0n) is 22.7. The SMILES string of the molecule is CC1CCCCO1.O=C(c1cccc2ccccc12)N1CC[C@H](CN2CCC(c3ccc(F)cc3)CC2)C1. The van der Waals surface area contributed by atoms with Crippen LogP contribution in [-0.4, -0.2) is 61.1 Å². The molecule has 3 fully saturated rings. The van der Waals surface area contributed by atoms with Crippen LogP contribution in [-0.2, 0) is 4.74 Å². The van der Waals surface area contributed by atoms with Gasteiger partial charge in [-0.25, -0.2) is 4.39 Å². The lowest BCUT2D eigenvalue weighted by atomic mass is 9.89. The van der Waals surface area contributed by atoms with Gasteiger partial charge in [-0.2, -0.15) is 0 Å². The largest absolute Gasteiger partial charge is 0.379 e. The van der Waals surface area contributed by atoms with Crippen molar-refractivity contribution >= 4 is 16.7 Å². The Morgan fingerprint density at radius 2 is 1.66 bits per heavy atom. The molecule has 0 bridgehead atoms. The minimum Gasteiger partial charge on any atom is -0.379 e. The number of hydrogen-bond donors (Lipinski definition) is 0. The fraction of sp³-hybridized carbons (Fsp3) is 0.485. The van der Waals surface area contributed by atoms with Crippen LogP contribution in [0.15, 0.2) is 66.7 Å². The highest BCUT2D eigenvalue weighted by Gasteiger charge is 2.30. The van der Waals surface area contributed by atoms with Gasteiger partial charge in [-0.3, -0.25) is 4.79 Å². The van der Waals surface area contributed by atoms with Crippen LogP contribution in [0.25, 0.3) is 10.8 Å². The average molecular weight is 517 g/mol. The van der Waals surface area contributed by atoms with Crippen LogP contribution < -0.4 is 0 Å². The predicted molar refractivity (Wildman–Crippen MR) is 152 cm³/mol. The Kier molecular flexibility index (Phi) is 9.08. The van der Waals surface area contributed by atoms with Gasteiger partial charge < -0.3 is 14.5 Å². The van der Waals surface area contributed by atoms with Crippen LogP contribution >= 0.6 is 0 Å². The Morgan fingerprint density at radius 3 is 2.37 bits per heavy atom. The van der Waals surface area contributed by atoms with Gasteiger partial charge in [-0.1, -0.05) is 48.5 Å². The summed E-state index contributed by atoms with van der Waals surface area (Å²) in [5.41, 5.74) is 2.08. The minimum atomic E-state index is -0.162. The number of fused-ring (bicyclic) bond motifs is 1. The lowest BCUT2D eigenvalue weighted by Crippen LogP contribution is -2.37. The molecule has 4 nitrogen and oxygen atoms in total. The first-order valence-corrected chi connectivity index (χ1v) is 14.4. The molecule has 0 saturated carbocycles. The highest BCUT2D eigenvalue weighted by atomic mass is 19.1. The lowest BCUT2D eigenvalue weighted by Gasteiger charge is -2.33. The minimum absolute atomic E-state index is 0.161. The van der Waals surface area contributed by atoms with Gasteiger partial charge in [0.2, 0.25) is 0 Å². The van der Waals surface area contributed by atoms with E-state index in [1.165, 1.54) is 24.8 Å². The number of ether oxygens (including phenoxy) is 1. The quantitative estimate of drug-likeness (QED) is 0.378. The summed E-state index contributed by atoms with van der Waals surface area (Å²) < 4.78 is 18.5. The summed E-state index contributed by atoms with van der Waals surface area (Å²) in [7, 11) is 0. The van der Waals surface area contributed by atoms with Crippen molar-refractivity contribution in [3.8, 4) is 0 Å². The van der Waals surface area contributed by atoms with E-state index in [4.69, 9.17) is 4.74 Å². The molecule has 3 aliphatic rings. The van der Waals surface area contributed by atoms with E-state index in [1.54, 1.807) is 12.1 Å². The monoisotopic (exact) mass is 516 g/mol. The van der Waals surface area contributed by atoms with Crippen LogP contribution in [0.2, 0.25) is 0 Å². The summed E-state index contributed by atoms with van der Waals surface area (Å²) in [5, 5.41) is 2.16. The number of hydrogen-bond acceptors (Lipinski definition) is 3. The van der Waals surface area contributed by atoms with Crippen molar-refractivity contribution in [1.29, 1.82) is 0 Å². The fourth-order valence-electron chi connectivity index (χ4n) is 6.20. The van der Waals surface area contributed by atoms with E-state index in [0.717, 1.165) is 74.9 Å². The van der Waals surface area contributed by atoms with Crippen LogP contribution in [0.3, 0.4) is 0 Å². The zero-order chi connectivity index (χ0) is 26.3. The van der Waals surface area contributed by atoms with Crippen molar-refractivity contribution in [3.05, 3.63) is 83.7 Å². The molecule has 0 radical (unpaired) electrons. The molecule has 3 saturated heterocycles. The molecule has 0 aliphatic carbocycles.